The topological polar surface area (TPSA) is 163 Å². The highest BCUT2D eigenvalue weighted by Crippen LogP contribution is 2.33. The SMILES string of the molecule is COC(=O)c1cc(Nc2ncnc(Nc3ccc(C(C)=O)cc3)c2[N+](=O)[O-])cc(C(=O)OC)c1. The second kappa shape index (κ2) is 10.2. The van der Waals surface area contributed by atoms with Crippen molar-refractivity contribution in [2.24, 2.45) is 0 Å². The fraction of sp³-hybridized carbons (Fsp3) is 0.136. The molecule has 3 aromatic rings. The first kappa shape index (κ1) is 23.8. The van der Waals surface area contributed by atoms with E-state index in [0.717, 1.165) is 6.33 Å². The number of nitro groups is 1. The molecule has 174 valence electrons. The fourth-order valence-electron chi connectivity index (χ4n) is 2.97. The molecule has 34 heavy (non-hydrogen) atoms. The number of nitrogens with one attached hydrogen (secondary N) is 2. The lowest BCUT2D eigenvalue weighted by Gasteiger charge is -2.12. The molecule has 1 heterocycles. The zero-order chi connectivity index (χ0) is 24.8. The van der Waals surface area contributed by atoms with Gasteiger partial charge in [0.05, 0.1) is 30.3 Å². The zero-order valence-corrected chi connectivity index (χ0v) is 18.3. The van der Waals surface area contributed by atoms with E-state index in [0.29, 0.717) is 11.3 Å². The summed E-state index contributed by atoms with van der Waals surface area (Å²) in [5.74, 6) is -1.87. The number of ether oxygens (including phenoxy) is 2. The van der Waals surface area contributed by atoms with Gasteiger partial charge < -0.3 is 20.1 Å². The Morgan fingerprint density at radius 1 is 0.824 bits per heavy atom. The number of nitrogens with zero attached hydrogens (tertiary/aromatic N) is 3. The molecule has 0 atom stereocenters. The van der Waals surface area contributed by atoms with Crippen molar-refractivity contribution in [1.82, 2.24) is 9.97 Å². The van der Waals surface area contributed by atoms with Crippen molar-refractivity contribution in [3.8, 4) is 0 Å². The van der Waals surface area contributed by atoms with Gasteiger partial charge in [0.25, 0.3) is 0 Å². The van der Waals surface area contributed by atoms with Crippen LogP contribution in [0.3, 0.4) is 0 Å². The van der Waals surface area contributed by atoms with Crippen LogP contribution in [0, 0.1) is 10.1 Å². The maximum absolute atomic E-state index is 12.0. The minimum Gasteiger partial charge on any atom is -0.465 e. The summed E-state index contributed by atoms with van der Waals surface area (Å²) < 4.78 is 9.39. The van der Waals surface area contributed by atoms with Crippen LogP contribution in [0.5, 0.6) is 0 Å². The second-order valence-corrected chi connectivity index (χ2v) is 6.84. The fourth-order valence-corrected chi connectivity index (χ4v) is 2.97. The summed E-state index contributed by atoms with van der Waals surface area (Å²) in [6.45, 7) is 1.43. The van der Waals surface area contributed by atoms with Crippen LogP contribution in [-0.4, -0.2) is 46.8 Å². The maximum Gasteiger partial charge on any atom is 0.353 e. The highest BCUT2D eigenvalue weighted by atomic mass is 16.6. The van der Waals surface area contributed by atoms with Gasteiger partial charge in [-0.3, -0.25) is 14.9 Å². The van der Waals surface area contributed by atoms with E-state index in [1.165, 1.54) is 39.3 Å². The standard InChI is InChI=1S/C22H19N5O7/c1-12(28)13-4-6-16(7-5-13)25-19-18(27(31)32)20(24-11-23-19)26-17-9-14(21(29)33-2)8-15(10-17)22(30)34-3/h4-11H,1-3H3,(H2,23,24,25,26). The van der Waals surface area contributed by atoms with Crippen molar-refractivity contribution in [2.75, 3.05) is 24.9 Å². The molecule has 1 aromatic heterocycles. The average molecular weight is 465 g/mol. The quantitative estimate of drug-likeness (QED) is 0.216. The predicted molar refractivity (Wildman–Crippen MR) is 121 cm³/mol. The van der Waals surface area contributed by atoms with Crippen LogP contribution in [0.2, 0.25) is 0 Å². The van der Waals surface area contributed by atoms with E-state index in [1.54, 1.807) is 24.3 Å². The van der Waals surface area contributed by atoms with E-state index in [1.807, 2.05) is 0 Å². The Morgan fingerprint density at radius 2 is 1.32 bits per heavy atom. The largest absolute Gasteiger partial charge is 0.465 e. The van der Waals surface area contributed by atoms with Crippen LogP contribution >= 0.6 is 0 Å². The molecule has 3 rings (SSSR count). The summed E-state index contributed by atoms with van der Waals surface area (Å²) in [5, 5.41) is 17.4. The number of esters is 2. The second-order valence-electron chi connectivity index (χ2n) is 6.84. The van der Waals surface area contributed by atoms with Crippen molar-refractivity contribution in [3.05, 3.63) is 75.6 Å². The molecule has 0 radical (unpaired) electrons. The number of benzene rings is 2. The Kier molecular flexibility index (Phi) is 7.11. The van der Waals surface area contributed by atoms with Gasteiger partial charge in [-0.15, -0.1) is 0 Å². The molecule has 0 aliphatic carbocycles. The summed E-state index contributed by atoms with van der Waals surface area (Å²) >= 11 is 0. The molecule has 0 bridgehead atoms. The van der Waals surface area contributed by atoms with Gasteiger partial charge in [-0.1, -0.05) is 0 Å². The van der Waals surface area contributed by atoms with Gasteiger partial charge in [0, 0.05) is 16.9 Å². The molecular weight excluding hydrogens is 446 g/mol. The normalized spacial score (nSPS) is 10.2. The summed E-state index contributed by atoms with van der Waals surface area (Å²) in [4.78, 5) is 54.6. The summed E-state index contributed by atoms with van der Waals surface area (Å²) in [5.41, 5.74) is 0.653. The first-order valence-electron chi connectivity index (χ1n) is 9.69. The lowest BCUT2D eigenvalue weighted by atomic mass is 10.1. The highest BCUT2D eigenvalue weighted by Gasteiger charge is 2.24. The van der Waals surface area contributed by atoms with E-state index in [-0.39, 0.29) is 34.2 Å². The molecule has 0 aliphatic rings. The number of ketones is 1. The lowest BCUT2D eigenvalue weighted by molar-refractivity contribution is -0.383. The Morgan fingerprint density at radius 3 is 1.76 bits per heavy atom. The third-order valence-electron chi connectivity index (χ3n) is 4.60. The predicted octanol–water partition coefficient (Wildman–Crippen LogP) is 3.65. The minimum absolute atomic E-state index is 0.0218. The van der Waals surface area contributed by atoms with Crippen LogP contribution in [0.25, 0.3) is 0 Å². The third-order valence-corrected chi connectivity index (χ3v) is 4.60. The van der Waals surface area contributed by atoms with Crippen molar-refractivity contribution in [1.29, 1.82) is 0 Å². The number of anilines is 4. The van der Waals surface area contributed by atoms with Gasteiger partial charge in [-0.25, -0.2) is 19.6 Å². The molecular formula is C22H19N5O7. The van der Waals surface area contributed by atoms with Gasteiger partial charge >= 0.3 is 17.6 Å². The first-order chi connectivity index (χ1) is 16.2. The Labute approximate surface area is 193 Å². The molecule has 0 amide bonds. The molecule has 0 unspecified atom stereocenters. The number of carbonyl (C=O) groups excluding carboxylic acids is 3. The van der Waals surface area contributed by atoms with E-state index in [2.05, 4.69) is 20.6 Å². The average Bonchev–Trinajstić information content (AvgIpc) is 2.83. The first-order valence-corrected chi connectivity index (χ1v) is 9.69. The van der Waals surface area contributed by atoms with Gasteiger partial charge in [0.1, 0.15) is 6.33 Å². The molecule has 2 aromatic carbocycles. The Bertz CT molecular complexity index is 1240. The number of rotatable bonds is 8. The summed E-state index contributed by atoms with van der Waals surface area (Å²) in [6.07, 6.45) is 1.10. The van der Waals surface area contributed by atoms with Crippen LogP contribution in [0.1, 0.15) is 38.0 Å². The number of Topliss-reactive ketones (excluding diaryl/α,β-unsaturated/α-hetero) is 1. The Balaban J connectivity index is 2.01. The molecule has 0 saturated heterocycles. The van der Waals surface area contributed by atoms with Crippen molar-refractivity contribution >= 4 is 46.4 Å². The highest BCUT2D eigenvalue weighted by molar-refractivity contribution is 5.97. The van der Waals surface area contributed by atoms with Crippen molar-refractivity contribution in [2.45, 2.75) is 6.92 Å². The van der Waals surface area contributed by atoms with Crippen molar-refractivity contribution < 1.29 is 28.8 Å². The molecule has 2 N–H and O–H groups in total. The maximum atomic E-state index is 12.0. The van der Waals surface area contributed by atoms with E-state index < -0.39 is 22.5 Å². The lowest BCUT2D eigenvalue weighted by Crippen LogP contribution is -2.09. The third kappa shape index (κ3) is 5.30. The molecule has 12 heteroatoms. The van der Waals surface area contributed by atoms with Gasteiger partial charge in [0.2, 0.25) is 11.6 Å². The number of hydrogen-bond acceptors (Lipinski definition) is 11. The molecule has 0 saturated carbocycles. The number of methoxy groups -OCH3 is 2. The zero-order valence-electron chi connectivity index (χ0n) is 18.3. The summed E-state index contributed by atoms with van der Waals surface area (Å²) in [7, 11) is 2.35. The van der Waals surface area contributed by atoms with Gasteiger partial charge in [-0.05, 0) is 49.4 Å². The Hall–Kier alpha value is -4.87. The molecule has 0 fully saturated rings. The number of carbonyl (C=O) groups is 3. The summed E-state index contributed by atoms with van der Waals surface area (Å²) in [6, 6.07) is 10.3. The van der Waals surface area contributed by atoms with Crippen LogP contribution in [0.4, 0.5) is 28.7 Å². The van der Waals surface area contributed by atoms with E-state index in [9.17, 15) is 24.5 Å². The monoisotopic (exact) mass is 465 g/mol. The van der Waals surface area contributed by atoms with Crippen LogP contribution in [-0.2, 0) is 9.47 Å². The number of aromatic nitrogens is 2. The van der Waals surface area contributed by atoms with Crippen LogP contribution in [0.15, 0.2) is 48.8 Å². The minimum atomic E-state index is -0.720. The number of hydrogen-bond donors (Lipinski definition) is 2. The molecule has 0 aliphatic heterocycles. The van der Waals surface area contributed by atoms with E-state index >= 15 is 0 Å². The van der Waals surface area contributed by atoms with Gasteiger partial charge in [0.15, 0.2) is 5.78 Å². The van der Waals surface area contributed by atoms with Crippen LogP contribution < -0.4 is 10.6 Å². The van der Waals surface area contributed by atoms with Crippen molar-refractivity contribution in [3.63, 3.8) is 0 Å². The van der Waals surface area contributed by atoms with Gasteiger partial charge in [-0.2, -0.15) is 0 Å². The smallest absolute Gasteiger partial charge is 0.353 e. The van der Waals surface area contributed by atoms with E-state index in [4.69, 9.17) is 9.47 Å². The molecule has 0 spiro atoms. The molecule has 12 nitrogen and oxygen atoms in total.